The molecule has 0 spiro atoms. The number of aromatic amines is 1. The zero-order chi connectivity index (χ0) is 26.0. The van der Waals surface area contributed by atoms with Gasteiger partial charge in [-0.15, -0.1) is 0 Å². The van der Waals surface area contributed by atoms with E-state index in [1.807, 2.05) is 6.07 Å². The summed E-state index contributed by atoms with van der Waals surface area (Å²) >= 11 is 0. The van der Waals surface area contributed by atoms with Crippen LogP contribution in [0.3, 0.4) is 0 Å². The van der Waals surface area contributed by atoms with Crippen molar-refractivity contribution in [3.05, 3.63) is 93.5 Å². The lowest BCUT2D eigenvalue weighted by Crippen LogP contribution is -2.12. The van der Waals surface area contributed by atoms with E-state index in [-0.39, 0.29) is 11.1 Å². The minimum atomic E-state index is -4.64. The first-order valence-electron chi connectivity index (χ1n) is 10.8. The molecule has 0 radical (unpaired) electrons. The second-order valence-electron chi connectivity index (χ2n) is 8.06. The first-order valence-corrected chi connectivity index (χ1v) is 10.8. The number of nitrogens with one attached hydrogen (secondary N) is 1. The standard InChI is InChI=1S/C25H22F4N4O3/c1-14(18-6-5-17(10-19(18)26)25(27,28)29)33-13-16(12-30-33)20-11-24(34)32-23(31-20)9-15-4-7-21(35-2)22(8-15)36-3/h4-8,10-14H,9H2,1-3H3,(H,31,32,34)/t14-/m0/s1. The number of alkyl halides is 3. The van der Waals surface area contributed by atoms with Crippen LogP contribution in [0.4, 0.5) is 17.6 Å². The van der Waals surface area contributed by atoms with Crippen molar-refractivity contribution in [2.45, 2.75) is 25.6 Å². The minimum Gasteiger partial charge on any atom is -0.493 e. The van der Waals surface area contributed by atoms with Crippen molar-refractivity contribution < 1.29 is 27.0 Å². The maximum absolute atomic E-state index is 14.4. The van der Waals surface area contributed by atoms with Crippen LogP contribution in [0, 0.1) is 5.82 Å². The summed E-state index contributed by atoms with van der Waals surface area (Å²) < 4.78 is 65.0. The Morgan fingerprint density at radius 1 is 1.06 bits per heavy atom. The molecule has 0 fully saturated rings. The van der Waals surface area contributed by atoms with E-state index in [2.05, 4.69) is 15.1 Å². The third kappa shape index (κ3) is 5.24. The number of aromatic nitrogens is 4. The number of methoxy groups -OCH3 is 2. The number of benzene rings is 2. The zero-order valence-electron chi connectivity index (χ0n) is 19.6. The Morgan fingerprint density at radius 3 is 2.47 bits per heavy atom. The van der Waals surface area contributed by atoms with Crippen LogP contribution in [0.5, 0.6) is 11.5 Å². The average Bonchev–Trinajstić information content (AvgIpc) is 3.33. The van der Waals surface area contributed by atoms with Gasteiger partial charge in [-0.1, -0.05) is 12.1 Å². The summed E-state index contributed by atoms with van der Waals surface area (Å²) in [5.41, 5.74) is 0.284. The smallest absolute Gasteiger partial charge is 0.416 e. The molecule has 0 amide bonds. The van der Waals surface area contributed by atoms with E-state index in [0.29, 0.717) is 41.1 Å². The summed E-state index contributed by atoms with van der Waals surface area (Å²) in [5.74, 6) is 0.530. The fourth-order valence-corrected chi connectivity index (χ4v) is 3.79. The van der Waals surface area contributed by atoms with Gasteiger partial charge in [-0.2, -0.15) is 18.3 Å². The lowest BCUT2D eigenvalue weighted by atomic mass is 10.0. The topological polar surface area (TPSA) is 82.0 Å². The SMILES string of the molecule is COc1ccc(Cc2nc(-c3cnn([C@@H](C)c4ccc(C(F)(F)F)cc4F)c3)cc(=O)[nH]2)cc1OC. The average molecular weight is 502 g/mol. The molecule has 36 heavy (non-hydrogen) atoms. The molecule has 0 aliphatic rings. The molecule has 0 saturated heterocycles. The van der Waals surface area contributed by atoms with Gasteiger partial charge in [-0.25, -0.2) is 9.37 Å². The van der Waals surface area contributed by atoms with E-state index in [1.54, 1.807) is 25.3 Å². The third-order valence-corrected chi connectivity index (χ3v) is 5.68. The first kappa shape index (κ1) is 25.0. The van der Waals surface area contributed by atoms with Gasteiger partial charge >= 0.3 is 6.18 Å². The summed E-state index contributed by atoms with van der Waals surface area (Å²) in [6.45, 7) is 1.61. The molecule has 0 aliphatic carbocycles. The van der Waals surface area contributed by atoms with Gasteiger partial charge in [0, 0.05) is 29.8 Å². The fourth-order valence-electron chi connectivity index (χ4n) is 3.79. The van der Waals surface area contributed by atoms with E-state index in [4.69, 9.17) is 9.47 Å². The molecule has 2 heterocycles. The van der Waals surface area contributed by atoms with Gasteiger partial charge in [0.25, 0.3) is 5.56 Å². The maximum Gasteiger partial charge on any atom is 0.416 e. The van der Waals surface area contributed by atoms with Crippen LogP contribution in [-0.2, 0) is 12.6 Å². The number of halogens is 4. The molecular weight excluding hydrogens is 480 g/mol. The van der Waals surface area contributed by atoms with Crippen molar-refractivity contribution in [3.8, 4) is 22.8 Å². The molecule has 2 aromatic carbocycles. The highest BCUT2D eigenvalue weighted by Crippen LogP contribution is 2.32. The van der Waals surface area contributed by atoms with Gasteiger partial charge in [-0.3, -0.25) is 9.48 Å². The normalized spacial score (nSPS) is 12.4. The second-order valence-corrected chi connectivity index (χ2v) is 8.06. The van der Waals surface area contributed by atoms with Crippen LogP contribution in [-0.4, -0.2) is 34.0 Å². The summed E-state index contributed by atoms with van der Waals surface area (Å²) in [6, 6.07) is 8.36. The molecule has 1 atom stereocenters. The van der Waals surface area contributed by atoms with Crippen LogP contribution < -0.4 is 15.0 Å². The molecule has 0 saturated carbocycles. The molecular formula is C25H22F4N4O3. The molecule has 0 aliphatic heterocycles. The Hall–Kier alpha value is -4.15. The molecule has 2 aromatic heterocycles. The predicted molar refractivity (Wildman–Crippen MR) is 124 cm³/mol. The quantitative estimate of drug-likeness (QED) is 0.360. The number of rotatable bonds is 7. The number of nitrogens with zero attached hydrogens (tertiary/aromatic N) is 3. The van der Waals surface area contributed by atoms with Crippen LogP contribution in [0.25, 0.3) is 11.3 Å². The Morgan fingerprint density at radius 2 is 1.81 bits per heavy atom. The summed E-state index contributed by atoms with van der Waals surface area (Å²) in [4.78, 5) is 19.5. The lowest BCUT2D eigenvalue weighted by molar-refractivity contribution is -0.137. The Bertz CT molecular complexity index is 1450. The molecule has 7 nitrogen and oxygen atoms in total. The number of hydrogen-bond acceptors (Lipinski definition) is 5. The zero-order valence-corrected chi connectivity index (χ0v) is 19.6. The number of ether oxygens (including phenoxy) is 2. The Kier molecular flexibility index (Phi) is 6.82. The van der Waals surface area contributed by atoms with Crippen molar-refractivity contribution in [2.24, 2.45) is 0 Å². The molecule has 4 aromatic rings. The molecule has 0 unspecified atom stereocenters. The Labute approximate surface area is 203 Å². The summed E-state index contributed by atoms with van der Waals surface area (Å²) in [6.07, 6.45) is -1.31. The second kappa shape index (κ2) is 9.84. The van der Waals surface area contributed by atoms with Crippen molar-refractivity contribution >= 4 is 0 Å². The van der Waals surface area contributed by atoms with Crippen LogP contribution in [0.1, 0.15) is 35.5 Å². The van der Waals surface area contributed by atoms with E-state index in [9.17, 15) is 22.4 Å². The first-order chi connectivity index (χ1) is 17.1. The van der Waals surface area contributed by atoms with Gasteiger partial charge in [0.1, 0.15) is 11.6 Å². The third-order valence-electron chi connectivity index (χ3n) is 5.68. The highest BCUT2D eigenvalue weighted by atomic mass is 19.4. The van der Waals surface area contributed by atoms with Crippen molar-refractivity contribution in [2.75, 3.05) is 14.2 Å². The number of H-pyrrole nitrogens is 1. The molecule has 1 N–H and O–H groups in total. The molecule has 4 rings (SSSR count). The van der Waals surface area contributed by atoms with Crippen LogP contribution >= 0.6 is 0 Å². The van der Waals surface area contributed by atoms with Gasteiger partial charge in [0.05, 0.1) is 37.7 Å². The predicted octanol–water partition coefficient (Wildman–Crippen LogP) is 5.01. The van der Waals surface area contributed by atoms with Crippen molar-refractivity contribution in [3.63, 3.8) is 0 Å². The van der Waals surface area contributed by atoms with Crippen molar-refractivity contribution in [1.29, 1.82) is 0 Å². The van der Waals surface area contributed by atoms with E-state index >= 15 is 0 Å². The van der Waals surface area contributed by atoms with Gasteiger partial charge in [-0.05, 0) is 36.8 Å². The largest absolute Gasteiger partial charge is 0.493 e. The van der Waals surface area contributed by atoms with Gasteiger partial charge in [0.2, 0.25) is 0 Å². The Balaban J connectivity index is 1.59. The molecule has 11 heteroatoms. The van der Waals surface area contributed by atoms with Crippen molar-refractivity contribution in [1.82, 2.24) is 19.7 Å². The van der Waals surface area contributed by atoms with Gasteiger partial charge < -0.3 is 14.5 Å². The minimum absolute atomic E-state index is 0.0469. The van der Waals surface area contributed by atoms with E-state index in [1.165, 1.54) is 31.2 Å². The van der Waals surface area contributed by atoms with E-state index in [0.717, 1.165) is 17.7 Å². The summed E-state index contributed by atoms with van der Waals surface area (Å²) in [5, 5.41) is 4.21. The maximum atomic E-state index is 14.4. The molecule has 0 bridgehead atoms. The summed E-state index contributed by atoms with van der Waals surface area (Å²) in [7, 11) is 3.06. The van der Waals surface area contributed by atoms with Crippen LogP contribution in [0.15, 0.2) is 59.7 Å². The highest BCUT2D eigenvalue weighted by molar-refractivity contribution is 5.56. The fraction of sp³-hybridized carbons (Fsp3) is 0.240. The lowest BCUT2D eigenvalue weighted by Gasteiger charge is -2.15. The monoisotopic (exact) mass is 502 g/mol. The van der Waals surface area contributed by atoms with E-state index < -0.39 is 23.6 Å². The number of hydrogen-bond donors (Lipinski definition) is 1. The highest BCUT2D eigenvalue weighted by Gasteiger charge is 2.31. The molecule has 188 valence electrons. The van der Waals surface area contributed by atoms with Crippen LogP contribution in [0.2, 0.25) is 0 Å². The van der Waals surface area contributed by atoms with Gasteiger partial charge in [0.15, 0.2) is 11.5 Å².